The third-order valence-electron chi connectivity index (χ3n) is 19.9. The predicted octanol–water partition coefficient (Wildman–Crippen LogP) is 16.6. The highest BCUT2D eigenvalue weighted by atomic mass is 79.9. The van der Waals surface area contributed by atoms with Crippen LogP contribution in [0.5, 0.6) is 17.2 Å². The van der Waals surface area contributed by atoms with Gasteiger partial charge >= 0.3 is 43.6 Å². The van der Waals surface area contributed by atoms with Crippen LogP contribution in [0.4, 0.5) is 89.5 Å². The molecule has 5 amide bonds. The van der Waals surface area contributed by atoms with Crippen molar-refractivity contribution in [3.8, 4) is 17.2 Å². The molecule has 0 aromatic heterocycles. The SMILES string of the molecule is C.C.C=CS(=O)(=O)N1CCC2(CC1)N=C(c1cccc(OC(F)(F)F)c1)NC2=O.Cc1cc(CCC(F)(F)F)ccc1/C=C/S(=O)(=O)N1CCC2(CC1)N=C(c1cccc(OC(F)(F)F)c1)NC2=O.Cc1cc(CCC(F)(F)F)ccc1Br.Cc1cc(N(CC(F)(F)F)C(N)=O)ccc1/C=C/S(=O)(=O)N1CCC2(CC1)N=C(c1cccc(OC(F)(F)F)c1)NC2=O.N. The first kappa shape index (κ1) is 105. The number of amides is 5. The number of piperidine rings is 3. The Bertz CT molecular complexity index is 5510. The van der Waals surface area contributed by atoms with E-state index in [4.69, 9.17) is 5.73 Å². The van der Waals surface area contributed by atoms with E-state index < -0.39 is 145 Å². The van der Waals surface area contributed by atoms with E-state index in [1.54, 1.807) is 37.3 Å². The second-order valence-electron chi connectivity index (χ2n) is 28.8. The highest BCUT2D eigenvalue weighted by Gasteiger charge is 2.51. The average molecular weight is 1940 g/mol. The Morgan fingerprint density at radius 3 is 1.08 bits per heavy atom. The van der Waals surface area contributed by atoms with Crippen molar-refractivity contribution in [3.63, 3.8) is 0 Å². The number of aliphatic imine (C=N–C) groups is 3. The van der Waals surface area contributed by atoms with Gasteiger partial charge in [-0.1, -0.05) is 110 Å². The normalized spacial score (nSPS) is 17.3. The number of sulfonamides is 3. The number of halogens is 19. The first-order chi connectivity index (χ1) is 57.4. The zero-order chi connectivity index (χ0) is 91.8. The molecule has 0 unspecified atom stereocenters. The number of amidine groups is 3. The Morgan fingerprint density at radius 1 is 0.472 bits per heavy atom. The standard InChI is InChI=1S/C26H25F6N5O5S.C26H25F6N3O4S.C16H16F3N3O4S.C10H10BrF3.2CH4.H3N/c1-16-13-19(37(23(33)39)15-25(27,28)29)6-5-17(16)7-12-43(40,41)36-10-8-24(9-11-36)22(38)34-21(35-24)18-3-2-4-20(14-18)42-26(30,31)32;1-17-15-18(7-9-25(27,28)29)5-6-19(17)8-14-40(37,38)35-12-10-24(11-13-35)23(36)33-22(34-24)20-3-2-4-21(16-20)39-26(30,31)32;1-2-27(24,25)22-8-6-15(7-9-22)14(23)20-13(21-15)11-4-3-5-12(10-11)26-16(17,18)19;1-7-6-8(2-3-9(7)11)4-5-10(12,13)14;;;/h2-7,12-14H,8-11,15H2,1H3,(H2,33,39)(H,34,35,38);2-6,8,14-16H,7,9-13H2,1H3,(H,33,34,36);2-5,10H,1,6-9H2,(H,20,21,23);2-3,6H,4-5H2,1H3;2*1H4;1H3/b12-7+;14-8+;;;;;. The predicted molar refractivity (Wildman–Crippen MR) is 441 cm³/mol. The second-order valence-corrected chi connectivity index (χ2v) is 35.1. The van der Waals surface area contributed by atoms with Crippen LogP contribution in [0.1, 0.15) is 122 Å². The third kappa shape index (κ3) is 29.5. The maximum atomic E-state index is 13.0. The lowest BCUT2D eigenvalue weighted by atomic mass is 9.89. The molecular weight excluding hydrogens is 1860 g/mol. The van der Waals surface area contributed by atoms with Crippen molar-refractivity contribution in [2.45, 2.75) is 154 Å². The molecule has 6 aromatic rings. The summed E-state index contributed by atoms with van der Waals surface area (Å²) in [6.45, 7) is 6.70. The highest BCUT2D eigenvalue weighted by Crippen LogP contribution is 2.39. The minimum atomic E-state index is -4.90. The summed E-state index contributed by atoms with van der Waals surface area (Å²) in [6, 6.07) is 27.5. The van der Waals surface area contributed by atoms with Crippen LogP contribution in [-0.2, 0) is 57.3 Å². The first-order valence-electron chi connectivity index (χ1n) is 36.9. The summed E-state index contributed by atoms with van der Waals surface area (Å²) >= 11 is 3.30. The van der Waals surface area contributed by atoms with Gasteiger partial charge in [0.05, 0.1) is 0 Å². The Labute approximate surface area is 727 Å². The maximum absolute atomic E-state index is 13.0. The summed E-state index contributed by atoms with van der Waals surface area (Å²) in [5.41, 5.74) is 6.02. The van der Waals surface area contributed by atoms with Crippen LogP contribution in [0, 0.1) is 20.8 Å². The van der Waals surface area contributed by atoms with Crippen molar-refractivity contribution in [1.82, 2.24) is 35.0 Å². The molecular formula is C80H87BrF18N12O13S3. The monoisotopic (exact) mass is 1940 g/mol. The van der Waals surface area contributed by atoms with Crippen LogP contribution < -0.4 is 46.9 Å². The molecule has 6 aliphatic rings. The van der Waals surface area contributed by atoms with Gasteiger partial charge in [0.1, 0.15) is 57.9 Å². The van der Waals surface area contributed by atoms with Gasteiger partial charge in [-0.25, -0.2) is 30.0 Å². The first-order valence-corrected chi connectivity index (χ1v) is 42.2. The number of nitrogens with two attached hydrogens (primary N) is 1. The zero-order valence-electron chi connectivity index (χ0n) is 65.9. The molecule has 0 radical (unpaired) electrons. The van der Waals surface area contributed by atoms with E-state index >= 15 is 0 Å². The molecule has 8 N–H and O–H groups in total. The summed E-state index contributed by atoms with van der Waals surface area (Å²) in [6.07, 6.45) is -26.4. The summed E-state index contributed by atoms with van der Waals surface area (Å²) in [4.78, 5) is 63.2. The molecule has 0 aliphatic carbocycles. The number of aryl methyl sites for hydroxylation is 5. The second kappa shape index (κ2) is 41.3. The lowest BCUT2D eigenvalue weighted by Gasteiger charge is -2.34. The molecule has 12 rings (SSSR count). The number of primary amides is 1. The fraction of sp³-hybridized carbons (Fsp3) is 0.388. The number of nitrogens with one attached hydrogen (secondary N) is 3. The minimum absolute atomic E-state index is 0. The number of hydrogen-bond acceptors (Lipinski definition) is 17. The molecule has 6 heterocycles. The number of benzene rings is 6. The van der Waals surface area contributed by atoms with Crippen molar-refractivity contribution in [1.29, 1.82) is 0 Å². The Kier molecular flexibility index (Phi) is 34.3. The van der Waals surface area contributed by atoms with Gasteiger partial charge in [0.2, 0.25) is 30.1 Å². The van der Waals surface area contributed by atoms with Gasteiger partial charge in [0.25, 0.3) is 17.7 Å². The lowest BCUT2D eigenvalue weighted by molar-refractivity contribution is -0.275. The Balaban J connectivity index is 0.000000275. The van der Waals surface area contributed by atoms with Gasteiger partial charge < -0.3 is 42.0 Å². The Hall–Kier alpha value is -10.5. The van der Waals surface area contributed by atoms with Gasteiger partial charge in [-0.05, 0) is 178 Å². The smallest absolute Gasteiger partial charge is 0.406 e. The van der Waals surface area contributed by atoms with E-state index in [2.05, 4.69) is 67.6 Å². The van der Waals surface area contributed by atoms with Crippen molar-refractivity contribution >= 4 is 105 Å². The lowest BCUT2D eigenvalue weighted by Crippen LogP contribution is -2.50. The molecule has 3 spiro atoms. The van der Waals surface area contributed by atoms with Crippen LogP contribution in [0.25, 0.3) is 12.2 Å². The van der Waals surface area contributed by atoms with E-state index in [1.807, 2.05) is 6.92 Å². The maximum Gasteiger partial charge on any atom is 0.573 e. The average Bonchev–Trinajstić information content (AvgIpc) is 1.64. The highest BCUT2D eigenvalue weighted by molar-refractivity contribution is 9.10. The largest absolute Gasteiger partial charge is 0.573 e. The molecule has 0 atom stereocenters. The molecule has 0 bridgehead atoms. The molecule has 3 saturated heterocycles. The fourth-order valence-corrected chi connectivity index (χ4v) is 16.9. The number of alkyl halides is 18. The van der Waals surface area contributed by atoms with Crippen molar-refractivity contribution in [2.24, 2.45) is 20.7 Å². The number of urea groups is 1. The molecule has 6 aliphatic heterocycles. The molecule has 25 nitrogen and oxygen atoms in total. The van der Waals surface area contributed by atoms with E-state index in [1.165, 1.54) is 88.3 Å². The number of carbonyl (C=O) groups excluding carboxylic acids is 4. The number of anilines is 1. The molecule has 47 heteroatoms. The van der Waals surface area contributed by atoms with Crippen LogP contribution in [0.15, 0.2) is 170 Å². The number of rotatable bonds is 20. The van der Waals surface area contributed by atoms with E-state index in [0.29, 0.717) is 32.7 Å². The molecule has 127 heavy (non-hydrogen) atoms. The van der Waals surface area contributed by atoms with Gasteiger partial charge in [-0.2, -0.15) is 52.4 Å². The molecule has 3 fully saturated rings. The Morgan fingerprint density at radius 2 is 0.787 bits per heavy atom. The van der Waals surface area contributed by atoms with Gasteiger partial charge in [-0.3, -0.25) is 34.3 Å². The van der Waals surface area contributed by atoms with Gasteiger partial charge in [0.15, 0.2) is 0 Å². The van der Waals surface area contributed by atoms with Crippen LogP contribution in [0.2, 0.25) is 0 Å². The van der Waals surface area contributed by atoms with Crippen molar-refractivity contribution in [3.05, 3.63) is 210 Å². The number of nitrogens with zero attached hydrogens (tertiary/aromatic N) is 7. The number of carbonyl (C=O) groups is 4. The van der Waals surface area contributed by atoms with Crippen LogP contribution >= 0.6 is 15.9 Å². The zero-order valence-corrected chi connectivity index (χ0v) is 69.9. The number of ether oxygens (including phenoxy) is 3. The van der Waals surface area contributed by atoms with Crippen molar-refractivity contribution < 1.29 is 138 Å². The van der Waals surface area contributed by atoms with E-state index in [0.717, 1.165) is 72.5 Å². The molecule has 696 valence electrons. The summed E-state index contributed by atoms with van der Waals surface area (Å²) in [5, 5.41) is 10.5. The summed E-state index contributed by atoms with van der Waals surface area (Å²) in [5.74, 6) is -2.54. The molecule has 6 aromatic carbocycles. The summed E-state index contributed by atoms with van der Waals surface area (Å²) < 4.78 is 316. The van der Waals surface area contributed by atoms with Crippen LogP contribution in [0.3, 0.4) is 0 Å². The third-order valence-corrected chi connectivity index (χ3v) is 25.4. The minimum Gasteiger partial charge on any atom is -0.406 e. The van der Waals surface area contributed by atoms with Gasteiger partial charge in [-0.15, -0.1) is 39.5 Å². The van der Waals surface area contributed by atoms with Crippen LogP contribution in [-0.4, -0.2) is 179 Å². The van der Waals surface area contributed by atoms with E-state index in [-0.39, 0.29) is 152 Å². The molecule has 0 saturated carbocycles. The van der Waals surface area contributed by atoms with Crippen molar-refractivity contribution in [2.75, 3.05) is 50.7 Å². The van der Waals surface area contributed by atoms with Gasteiger partial charge in [0, 0.05) is 95.2 Å². The quantitative estimate of drug-likeness (QED) is 0.0444. The summed E-state index contributed by atoms with van der Waals surface area (Å²) in [7, 11) is -11.5. The number of hydrogen-bond donors (Lipinski definition) is 5. The fourth-order valence-electron chi connectivity index (χ4n) is 13.4. The van der Waals surface area contributed by atoms with E-state index in [9.17, 15) is 123 Å². The topological polar surface area (TPSA) is 346 Å².